The molecule has 4 fully saturated rings. The number of aromatic nitrogens is 3. The Kier molecular flexibility index (Phi) is 7.62. The van der Waals surface area contributed by atoms with Gasteiger partial charge in [0.05, 0.1) is 52.3 Å². The number of nitrogens with two attached hydrogens (primary N) is 1. The molecule has 7 atom stereocenters. The lowest BCUT2D eigenvalue weighted by Crippen LogP contribution is -2.49. The van der Waals surface area contributed by atoms with E-state index in [-0.39, 0.29) is 47.8 Å². The molecule has 278 valence electrons. The van der Waals surface area contributed by atoms with E-state index in [1.165, 1.54) is 0 Å². The quantitative estimate of drug-likeness (QED) is 0.175. The number of amides is 2. The largest absolute Gasteiger partial charge is 0.444 e. The average Bonchev–Trinajstić information content (AvgIpc) is 3.86. The lowest BCUT2D eigenvalue weighted by Gasteiger charge is -2.33. The van der Waals surface area contributed by atoms with Gasteiger partial charge in [0.1, 0.15) is 23.1 Å². The molecule has 2 aromatic heterocycles. The number of H-pyrrole nitrogens is 1. The number of aromatic amines is 1. The maximum Gasteiger partial charge on any atom is 0.411 e. The molecule has 11 nitrogen and oxygen atoms in total. The van der Waals surface area contributed by atoms with Gasteiger partial charge >= 0.3 is 12.2 Å². The molecular weight excluding hydrogens is 679 g/mol. The second kappa shape index (κ2) is 12.0. The zero-order chi connectivity index (χ0) is 37.7. The Bertz CT molecular complexity index is 2270. The van der Waals surface area contributed by atoms with Crippen LogP contribution in [0.3, 0.4) is 0 Å². The molecule has 2 aromatic carbocycles. The third-order valence-electron chi connectivity index (χ3n) is 11.3. The number of likely N-dealkylation sites (tertiary alicyclic amines) is 2. The van der Waals surface area contributed by atoms with Crippen LogP contribution in [0.5, 0.6) is 0 Å². The van der Waals surface area contributed by atoms with Crippen molar-refractivity contribution in [2.24, 2.45) is 17.6 Å². The van der Waals surface area contributed by atoms with Gasteiger partial charge in [0.25, 0.3) is 0 Å². The molecule has 54 heavy (non-hydrogen) atoms. The van der Waals surface area contributed by atoms with Crippen LogP contribution in [0.15, 0.2) is 67.0 Å². The number of piperidine rings is 1. The first-order valence-electron chi connectivity index (χ1n) is 19.0. The highest BCUT2D eigenvalue weighted by Crippen LogP contribution is 2.56. The molecular formula is C43H47N7O4. The van der Waals surface area contributed by atoms with Gasteiger partial charge in [0.2, 0.25) is 0 Å². The van der Waals surface area contributed by atoms with Crippen molar-refractivity contribution in [2.75, 3.05) is 0 Å². The fraction of sp³-hybridized carbons (Fsp3) is 0.442. The number of carbonyl (C=O) groups is 2. The van der Waals surface area contributed by atoms with Crippen molar-refractivity contribution in [3.05, 3.63) is 78.5 Å². The Balaban J connectivity index is 0.856. The van der Waals surface area contributed by atoms with Gasteiger partial charge in [-0.3, -0.25) is 9.80 Å². The monoisotopic (exact) mass is 725 g/mol. The van der Waals surface area contributed by atoms with Crippen LogP contribution in [-0.4, -0.2) is 71.8 Å². The molecule has 4 N–H and O–H groups in total. The summed E-state index contributed by atoms with van der Waals surface area (Å²) in [5.74, 6) is 7.93. The number of nitrogens with one attached hydrogen (secondary N) is 2. The number of nitrogens with zero attached hydrogens (tertiary/aromatic N) is 4. The molecule has 0 bridgehead atoms. The minimum absolute atomic E-state index is 0.0646. The highest BCUT2D eigenvalue weighted by molar-refractivity contribution is 5.86. The van der Waals surface area contributed by atoms with E-state index in [4.69, 9.17) is 25.2 Å². The second-order valence-corrected chi connectivity index (χ2v) is 17.6. The van der Waals surface area contributed by atoms with E-state index in [1.807, 2.05) is 81.9 Å². The first-order valence-corrected chi connectivity index (χ1v) is 19.0. The molecule has 5 aliphatic rings. The highest BCUT2D eigenvalue weighted by Gasteiger charge is 2.69. The number of hydrogen-bond acceptors (Lipinski definition) is 8. The molecule has 1 spiro atoms. The molecule has 9 rings (SSSR count). The molecule has 4 aromatic rings. The Morgan fingerprint density at radius 2 is 1.65 bits per heavy atom. The predicted octanol–water partition coefficient (Wildman–Crippen LogP) is 7.36. The normalized spacial score (nSPS) is 27.9. The number of benzene rings is 2. The first-order chi connectivity index (χ1) is 25.7. The maximum absolute atomic E-state index is 13.2. The topological polar surface area (TPSA) is 139 Å². The summed E-state index contributed by atoms with van der Waals surface area (Å²) < 4.78 is 11.5. The zero-order valence-electron chi connectivity index (χ0n) is 31.6. The van der Waals surface area contributed by atoms with Gasteiger partial charge in [-0.15, -0.1) is 0 Å². The lowest BCUT2D eigenvalue weighted by atomic mass is 9.92. The summed E-state index contributed by atoms with van der Waals surface area (Å²) in [6.45, 7) is 11.4. The van der Waals surface area contributed by atoms with Gasteiger partial charge < -0.3 is 25.5 Å². The van der Waals surface area contributed by atoms with E-state index in [1.54, 1.807) is 0 Å². The van der Waals surface area contributed by atoms with Crippen LogP contribution in [0.2, 0.25) is 0 Å². The summed E-state index contributed by atoms with van der Waals surface area (Å²) >= 11 is 0. The molecule has 3 aliphatic carbocycles. The Morgan fingerprint density at radius 3 is 2.37 bits per heavy atom. The molecule has 2 saturated carbocycles. The van der Waals surface area contributed by atoms with Crippen molar-refractivity contribution in [2.45, 2.75) is 108 Å². The van der Waals surface area contributed by atoms with Crippen LogP contribution in [0.25, 0.3) is 39.0 Å². The Hall–Kier alpha value is -5.50. The van der Waals surface area contributed by atoms with Crippen molar-refractivity contribution >= 4 is 28.8 Å². The minimum atomic E-state index is -0.569. The average molecular weight is 726 g/mol. The minimum Gasteiger partial charge on any atom is -0.444 e. The van der Waals surface area contributed by atoms with Crippen LogP contribution in [0, 0.1) is 23.7 Å². The molecule has 2 unspecified atom stereocenters. The SMILES string of the molecule is CC(C)(C)OC(=O)N1[C@@H]2C[C@@H]2C[C@H]1c1ncc(-c2ccc(-c3ccc4nc(/C(N)=C/NC5CC56C[C@H]5C#C[C@H]5N6C(=O)OC(C)(C)C)ccc4c3)cc2)[nH]1. The number of hydrogen-bond donors (Lipinski definition) is 3. The molecule has 11 heteroatoms. The molecule has 0 radical (unpaired) electrons. The van der Waals surface area contributed by atoms with Crippen LogP contribution in [-0.2, 0) is 9.47 Å². The van der Waals surface area contributed by atoms with E-state index in [2.05, 4.69) is 58.5 Å². The van der Waals surface area contributed by atoms with Crippen molar-refractivity contribution < 1.29 is 19.1 Å². The molecule has 2 saturated heterocycles. The smallest absolute Gasteiger partial charge is 0.411 e. The summed E-state index contributed by atoms with van der Waals surface area (Å²) in [4.78, 5) is 43.1. The van der Waals surface area contributed by atoms with Crippen molar-refractivity contribution in [3.63, 3.8) is 0 Å². The van der Waals surface area contributed by atoms with E-state index in [0.717, 1.165) is 64.8 Å². The number of carbonyl (C=O) groups excluding carboxylic acids is 2. The Morgan fingerprint density at radius 1 is 0.926 bits per heavy atom. The predicted molar refractivity (Wildman–Crippen MR) is 206 cm³/mol. The van der Waals surface area contributed by atoms with Crippen LogP contribution < -0.4 is 11.1 Å². The summed E-state index contributed by atoms with van der Waals surface area (Å²) in [6.07, 6.45) is 6.71. The maximum atomic E-state index is 13.2. The summed E-state index contributed by atoms with van der Waals surface area (Å²) in [5, 5.41) is 4.49. The summed E-state index contributed by atoms with van der Waals surface area (Å²) in [5.41, 5.74) is 11.3. The van der Waals surface area contributed by atoms with Gasteiger partial charge in [-0.25, -0.2) is 19.6 Å². The van der Waals surface area contributed by atoms with Crippen LogP contribution >= 0.6 is 0 Å². The molecule has 2 amide bonds. The standard InChI is InChI=1S/C43H47N7O4/c1-41(2,3)53-39(51)49-35-18-29(35)19-36(49)38-46-23-33(48-38)25-9-7-24(8-10-25)26-11-14-31-27(17-26)12-15-32(47-31)30(44)22-45-37-21-43(37)20-28-13-16-34(28)50(43)40(52)54-42(4,5)6/h7-12,14-15,17,22-23,28-29,34-37,45H,18-21,44H2,1-6H3,(H,46,48)/b30-22-/t28-,29-,34-,35-,36+,37?,43?/m1/s1. The summed E-state index contributed by atoms with van der Waals surface area (Å²) in [6, 6.07) is 18.8. The molecule has 4 heterocycles. The fourth-order valence-corrected chi connectivity index (χ4v) is 8.55. The number of imidazole rings is 1. The number of fused-ring (bicyclic) bond motifs is 3. The second-order valence-electron chi connectivity index (χ2n) is 17.6. The molecule has 2 aliphatic heterocycles. The third-order valence-corrected chi connectivity index (χ3v) is 11.3. The van der Waals surface area contributed by atoms with Crippen molar-refractivity contribution in [1.29, 1.82) is 0 Å². The van der Waals surface area contributed by atoms with E-state index >= 15 is 0 Å². The fourth-order valence-electron chi connectivity index (χ4n) is 8.55. The van der Waals surface area contributed by atoms with E-state index in [9.17, 15) is 9.59 Å². The van der Waals surface area contributed by atoms with Gasteiger partial charge in [-0.05, 0) is 108 Å². The Labute approximate surface area is 315 Å². The van der Waals surface area contributed by atoms with Crippen molar-refractivity contribution in [3.8, 4) is 34.2 Å². The van der Waals surface area contributed by atoms with Crippen LogP contribution in [0.1, 0.15) is 84.8 Å². The van der Waals surface area contributed by atoms with E-state index in [0.29, 0.717) is 17.3 Å². The highest BCUT2D eigenvalue weighted by atomic mass is 16.6. The number of rotatable bonds is 6. The van der Waals surface area contributed by atoms with Gasteiger partial charge in [0, 0.05) is 17.6 Å². The van der Waals surface area contributed by atoms with Crippen molar-refractivity contribution in [1.82, 2.24) is 30.1 Å². The van der Waals surface area contributed by atoms with Gasteiger partial charge in [-0.1, -0.05) is 48.2 Å². The first kappa shape index (κ1) is 34.3. The summed E-state index contributed by atoms with van der Waals surface area (Å²) in [7, 11) is 0. The van der Waals surface area contributed by atoms with Gasteiger partial charge in [0.15, 0.2) is 0 Å². The van der Waals surface area contributed by atoms with E-state index < -0.39 is 11.2 Å². The number of pyridine rings is 1. The number of ether oxygens (including phenoxy) is 2. The lowest BCUT2D eigenvalue weighted by molar-refractivity contribution is 0.0140. The van der Waals surface area contributed by atoms with Gasteiger partial charge in [-0.2, -0.15) is 0 Å². The zero-order valence-corrected chi connectivity index (χ0v) is 31.6. The third kappa shape index (κ3) is 6.11. The van der Waals surface area contributed by atoms with Crippen LogP contribution in [0.4, 0.5) is 9.59 Å².